The number of ether oxygens (including phenoxy) is 5. The summed E-state index contributed by atoms with van der Waals surface area (Å²) in [6, 6.07) is 0. The van der Waals surface area contributed by atoms with Crippen LogP contribution in [-0.4, -0.2) is 117 Å². The Balaban J connectivity index is 1.86. The maximum atomic E-state index is 13.7. The van der Waals surface area contributed by atoms with Crippen molar-refractivity contribution in [1.82, 2.24) is 0 Å². The van der Waals surface area contributed by atoms with Gasteiger partial charge in [-0.2, -0.15) is 0 Å². The van der Waals surface area contributed by atoms with Crippen LogP contribution in [0.3, 0.4) is 0 Å². The van der Waals surface area contributed by atoms with Crippen molar-refractivity contribution in [1.29, 1.82) is 0 Å². The number of hydrogen-bond donors (Lipinski definition) is 6. The van der Waals surface area contributed by atoms with Crippen molar-refractivity contribution in [3.05, 3.63) is 0 Å². The molecule has 0 spiro atoms. The van der Waals surface area contributed by atoms with Crippen LogP contribution < -0.4 is 0 Å². The van der Waals surface area contributed by atoms with Gasteiger partial charge in [0, 0.05) is 6.42 Å². The zero-order valence-corrected chi connectivity index (χ0v) is 43.6. The van der Waals surface area contributed by atoms with E-state index in [0.717, 1.165) is 44.9 Å². The van der Waals surface area contributed by atoms with E-state index in [2.05, 4.69) is 20.8 Å². The Hall–Kier alpha value is -1.42. The Kier molecular flexibility index (Phi) is 37.0. The molecule has 68 heavy (non-hydrogen) atoms. The van der Waals surface area contributed by atoms with E-state index in [1.807, 2.05) is 0 Å². The average molecular weight is 973 g/mol. The highest BCUT2D eigenvalue weighted by Crippen LogP contribution is 2.32. The second kappa shape index (κ2) is 40.1. The number of carbonyl (C=O) groups excluding carboxylic acids is 2. The summed E-state index contributed by atoms with van der Waals surface area (Å²) in [6.07, 6.45) is 25.7. The molecular formula is C55H104O13. The molecule has 2 aliphatic rings. The van der Waals surface area contributed by atoms with Gasteiger partial charge in [-0.15, -0.1) is 0 Å². The molecule has 2 saturated heterocycles. The standard InChI is InChI=1S/C55H104O13/c1-5-7-9-11-13-15-17-19-21-23-25-27-29-31-33-35-37-42(3)39-43(4)53(63)67-51-48(60)45(41-57)65-55(68-54-50(62)49(61)47(59)44(40-56)64-54)52(51)66-46(58)38-36-34-32-30-28-26-24-22-20-18-16-14-12-10-8-6-2/h42-45,47-52,54-57,59-62H,5-41H2,1-4H3/t42-,43-,44?,45?,47+,48+,49?,50-,51?,52+,54+,55+/m0/s1. The third kappa shape index (κ3) is 26.9. The first-order valence-electron chi connectivity index (χ1n) is 28.3. The van der Waals surface area contributed by atoms with E-state index in [-0.39, 0.29) is 12.3 Å². The van der Waals surface area contributed by atoms with E-state index in [0.29, 0.717) is 12.8 Å². The van der Waals surface area contributed by atoms with Gasteiger partial charge in [0.25, 0.3) is 0 Å². The highest BCUT2D eigenvalue weighted by atomic mass is 16.8. The van der Waals surface area contributed by atoms with Crippen molar-refractivity contribution in [2.75, 3.05) is 13.2 Å². The molecule has 0 aliphatic carbocycles. The predicted octanol–water partition coefficient (Wildman–Crippen LogP) is 10.7. The van der Waals surface area contributed by atoms with Gasteiger partial charge in [0.2, 0.25) is 6.29 Å². The summed E-state index contributed by atoms with van der Waals surface area (Å²) in [6.45, 7) is 6.98. The normalized spacial score (nSPS) is 26.1. The third-order valence-electron chi connectivity index (χ3n) is 14.4. The van der Waals surface area contributed by atoms with Crippen molar-refractivity contribution >= 4 is 11.9 Å². The van der Waals surface area contributed by atoms with Gasteiger partial charge in [-0.1, -0.05) is 233 Å². The lowest BCUT2D eigenvalue weighted by molar-refractivity contribution is -0.377. The van der Waals surface area contributed by atoms with Gasteiger partial charge >= 0.3 is 11.9 Å². The highest BCUT2D eigenvalue weighted by molar-refractivity contribution is 5.72. The first kappa shape index (κ1) is 62.7. The van der Waals surface area contributed by atoms with Crippen LogP contribution in [0, 0.1) is 11.8 Å². The minimum atomic E-state index is -1.81. The molecule has 0 bridgehead atoms. The Labute approximate surface area is 413 Å². The van der Waals surface area contributed by atoms with Crippen LogP contribution in [0.1, 0.15) is 252 Å². The van der Waals surface area contributed by atoms with Gasteiger partial charge in [0.05, 0.1) is 19.1 Å². The van der Waals surface area contributed by atoms with Gasteiger partial charge in [-0.25, -0.2) is 0 Å². The summed E-state index contributed by atoms with van der Waals surface area (Å²) in [5.74, 6) is -1.57. The van der Waals surface area contributed by atoms with E-state index in [1.165, 1.54) is 161 Å². The molecule has 13 nitrogen and oxygen atoms in total. The van der Waals surface area contributed by atoms with Crippen LogP contribution in [0.15, 0.2) is 0 Å². The molecule has 2 fully saturated rings. The molecule has 0 aromatic carbocycles. The maximum Gasteiger partial charge on any atom is 0.309 e. The molecule has 402 valence electrons. The molecule has 2 aliphatic heterocycles. The monoisotopic (exact) mass is 973 g/mol. The molecule has 6 N–H and O–H groups in total. The number of unbranched alkanes of at least 4 members (excludes halogenated alkanes) is 30. The number of rotatable bonds is 43. The van der Waals surface area contributed by atoms with Gasteiger partial charge < -0.3 is 54.3 Å². The van der Waals surface area contributed by atoms with Crippen LogP contribution in [0.4, 0.5) is 0 Å². The largest absolute Gasteiger partial charge is 0.455 e. The summed E-state index contributed by atoms with van der Waals surface area (Å²) < 4.78 is 29.1. The van der Waals surface area contributed by atoms with Gasteiger partial charge in [0.15, 0.2) is 18.5 Å². The third-order valence-corrected chi connectivity index (χ3v) is 14.4. The fraction of sp³-hybridized carbons (Fsp3) is 0.964. The SMILES string of the molecule is CCCCCCCCCCCCCCCCCCC(=O)O[C@@H]1C(OC(=O)[C@@H](C)C[C@@H](C)CCCCCCCCCCCCCCCCCC)[C@H](O)C(CO)O[C@@H]1O[C@H]1OC(CO)[C@@H](O)C(O)[C@@H]1O. The summed E-state index contributed by atoms with van der Waals surface area (Å²) in [7, 11) is 0. The minimum absolute atomic E-state index is 0.0508. The van der Waals surface area contributed by atoms with Crippen LogP contribution >= 0.6 is 0 Å². The first-order valence-corrected chi connectivity index (χ1v) is 28.3. The van der Waals surface area contributed by atoms with Crippen LogP contribution in [0.5, 0.6) is 0 Å². The summed E-state index contributed by atoms with van der Waals surface area (Å²) in [4.78, 5) is 27.1. The molecule has 0 radical (unpaired) electrons. The van der Waals surface area contributed by atoms with Crippen LogP contribution in [-0.2, 0) is 33.3 Å². The molecular weight excluding hydrogens is 869 g/mol. The van der Waals surface area contributed by atoms with E-state index in [9.17, 15) is 40.2 Å². The second-order valence-corrected chi connectivity index (χ2v) is 20.8. The lowest BCUT2D eigenvalue weighted by Crippen LogP contribution is -2.65. The number of esters is 2. The summed E-state index contributed by atoms with van der Waals surface area (Å²) in [5.41, 5.74) is 0. The number of hydrogen-bond acceptors (Lipinski definition) is 13. The average Bonchev–Trinajstić information content (AvgIpc) is 3.33. The molecule has 0 amide bonds. The first-order chi connectivity index (χ1) is 33.0. The molecule has 0 aromatic rings. The Bertz CT molecular complexity index is 1210. The molecule has 0 saturated carbocycles. The van der Waals surface area contributed by atoms with Crippen molar-refractivity contribution in [2.45, 2.75) is 314 Å². The lowest BCUT2D eigenvalue weighted by atomic mass is 9.92. The minimum Gasteiger partial charge on any atom is -0.455 e. The van der Waals surface area contributed by atoms with E-state index >= 15 is 0 Å². The van der Waals surface area contributed by atoms with Crippen LogP contribution in [0.2, 0.25) is 0 Å². The topological polar surface area (TPSA) is 202 Å². The number of carbonyl (C=O) groups is 2. The Morgan fingerprint density at radius 2 is 0.838 bits per heavy atom. The smallest absolute Gasteiger partial charge is 0.309 e. The van der Waals surface area contributed by atoms with Crippen molar-refractivity contribution < 1.29 is 63.9 Å². The van der Waals surface area contributed by atoms with E-state index in [4.69, 9.17) is 23.7 Å². The second-order valence-electron chi connectivity index (χ2n) is 20.8. The van der Waals surface area contributed by atoms with E-state index < -0.39 is 92.5 Å². The Morgan fingerprint density at radius 1 is 0.456 bits per heavy atom. The van der Waals surface area contributed by atoms with Gasteiger partial charge in [-0.05, 0) is 18.8 Å². The van der Waals surface area contributed by atoms with Crippen molar-refractivity contribution in [3.63, 3.8) is 0 Å². The summed E-state index contributed by atoms with van der Waals surface area (Å²) >= 11 is 0. The Morgan fingerprint density at radius 3 is 1.26 bits per heavy atom. The number of aliphatic hydroxyl groups excluding tert-OH is 6. The fourth-order valence-corrected chi connectivity index (χ4v) is 9.86. The molecule has 0 aromatic heterocycles. The molecule has 13 heteroatoms. The zero-order valence-electron chi connectivity index (χ0n) is 43.6. The fourth-order valence-electron chi connectivity index (χ4n) is 9.86. The van der Waals surface area contributed by atoms with E-state index in [1.54, 1.807) is 6.92 Å². The lowest BCUT2D eigenvalue weighted by Gasteiger charge is -2.46. The van der Waals surface area contributed by atoms with Gasteiger partial charge in [-0.3, -0.25) is 9.59 Å². The predicted molar refractivity (Wildman–Crippen MR) is 268 cm³/mol. The highest BCUT2D eigenvalue weighted by Gasteiger charge is 2.53. The summed E-state index contributed by atoms with van der Waals surface area (Å²) in [5, 5.41) is 62.9. The maximum absolute atomic E-state index is 13.7. The molecule has 2 rings (SSSR count). The molecule has 2 heterocycles. The van der Waals surface area contributed by atoms with Gasteiger partial charge in [0.1, 0.15) is 36.6 Å². The quantitative estimate of drug-likeness (QED) is 0.0249. The molecule has 4 unspecified atom stereocenters. The van der Waals surface area contributed by atoms with Crippen molar-refractivity contribution in [2.24, 2.45) is 11.8 Å². The van der Waals surface area contributed by atoms with Crippen LogP contribution in [0.25, 0.3) is 0 Å². The zero-order chi connectivity index (χ0) is 49.8. The molecule has 12 atom stereocenters. The van der Waals surface area contributed by atoms with Crippen molar-refractivity contribution in [3.8, 4) is 0 Å². The number of aliphatic hydroxyl groups is 6.